The van der Waals surface area contributed by atoms with Crippen LogP contribution in [0.5, 0.6) is 0 Å². The van der Waals surface area contributed by atoms with Gasteiger partial charge < -0.3 is 11.1 Å². The molecule has 0 saturated heterocycles. The van der Waals surface area contributed by atoms with Gasteiger partial charge in [0.05, 0.1) is 22.5 Å². The molecule has 3 N–H and O–H groups in total. The molecule has 0 saturated carbocycles. The Balaban J connectivity index is 1.97. The summed E-state index contributed by atoms with van der Waals surface area (Å²) in [5.41, 5.74) is 10.5. The predicted octanol–water partition coefficient (Wildman–Crippen LogP) is 2.25. The maximum atomic E-state index is 8.97. The highest BCUT2D eigenvalue weighted by molar-refractivity contribution is 7.07. The van der Waals surface area contributed by atoms with Crippen LogP contribution in [0.25, 0.3) is 0 Å². The number of aromatic nitrogens is 1. The Morgan fingerprint density at radius 1 is 1.47 bits per heavy atom. The Labute approximate surface area is 104 Å². The van der Waals surface area contributed by atoms with E-state index < -0.39 is 0 Å². The summed E-state index contributed by atoms with van der Waals surface area (Å²) >= 11 is 1.59. The number of nitrogen functional groups attached to an aromatic ring is 1. The molecule has 4 nitrogen and oxygen atoms in total. The summed E-state index contributed by atoms with van der Waals surface area (Å²) in [6.07, 6.45) is 0.846. The summed E-state index contributed by atoms with van der Waals surface area (Å²) in [4.78, 5) is 4.20. The zero-order valence-corrected chi connectivity index (χ0v) is 10.00. The van der Waals surface area contributed by atoms with Gasteiger partial charge in [0.1, 0.15) is 6.07 Å². The normalized spacial score (nSPS) is 9.82. The molecule has 0 radical (unpaired) electrons. The fourth-order valence-electron chi connectivity index (χ4n) is 1.49. The van der Waals surface area contributed by atoms with Gasteiger partial charge in [0.25, 0.3) is 0 Å². The highest BCUT2D eigenvalue weighted by atomic mass is 32.1. The van der Waals surface area contributed by atoms with Crippen LogP contribution in [0.3, 0.4) is 0 Å². The molecule has 0 aliphatic heterocycles. The SMILES string of the molecule is N#Cc1cc(N)ccc1NCCc1cscn1. The van der Waals surface area contributed by atoms with Gasteiger partial charge in [-0.1, -0.05) is 0 Å². The van der Waals surface area contributed by atoms with Crippen LogP contribution >= 0.6 is 11.3 Å². The lowest BCUT2D eigenvalue weighted by molar-refractivity contribution is 0.977. The summed E-state index contributed by atoms with van der Waals surface area (Å²) in [7, 11) is 0. The number of benzene rings is 1. The fraction of sp³-hybridized carbons (Fsp3) is 0.167. The molecule has 0 aliphatic carbocycles. The number of hydrogen-bond donors (Lipinski definition) is 2. The lowest BCUT2D eigenvalue weighted by Crippen LogP contribution is -2.06. The van der Waals surface area contributed by atoms with Crippen molar-refractivity contribution in [3.63, 3.8) is 0 Å². The molecule has 86 valence electrons. The lowest BCUT2D eigenvalue weighted by atomic mass is 10.1. The molecule has 5 heteroatoms. The first-order chi connectivity index (χ1) is 8.29. The summed E-state index contributed by atoms with van der Waals surface area (Å²) in [5, 5.41) is 14.2. The van der Waals surface area contributed by atoms with E-state index in [2.05, 4.69) is 16.4 Å². The number of hydrogen-bond acceptors (Lipinski definition) is 5. The molecular formula is C12H12N4S. The van der Waals surface area contributed by atoms with Crippen molar-refractivity contribution in [2.75, 3.05) is 17.6 Å². The zero-order chi connectivity index (χ0) is 12.1. The van der Waals surface area contributed by atoms with Crippen molar-refractivity contribution in [1.29, 1.82) is 5.26 Å². The molecule has 17 heavy (non-hydrogen) atoms. The van der Waals surface area contributed by atoms with Crippen molar-refractivity contribution in [2.24, 2.45) is 0 Å². The Bertz CT molecular complexity index is 528. The van der Waals surface area contributed by atoms with E-state index in [-0.39, 0.29) is 0 Å². The van der Waals surface area contributed by atoms with Crippen LogP contribution in [0.4, 0.5) is 11.4 Å². The largest absolute Gasteiger partial charge is 0.399 e. The third-order valence-electron chi connectivity index (χ3n) is 2.34. The van der Waals surface area contributed by atoms with Crippen LogP contribution in [-0.4, -0.2) is 11.5 Å². The lowest BCUT2D eigenvalue weighted by Gasteiger charge is -2.07. The first-order valence-electron chi connectivity index (χ1n) is 5.20. The molecule has 0 fully saturated rings. The molecule has 0 amide bonds. The Morgan fingerprint density at radius 3 is 3.06 bits per heavy atom. The van der Waals surface area contributed by atoms with E-state index in [1.807, 2.05) is 17.0 Å². The molecule has 0 atom stereocenters. The number of nitrogens with one attached hydrogen (secondary N) is 1. The Morgan fingerprint density at radius 2 is 2.35 bits per heavy atom. The molecule has 1 aromatic heterocycles. The minimum Gasteiger partial charge on any atom is -0.399 e. The minimum absolute atomic E-state index is 0.572. The first kappa shape index (κ1) is 11.4. The summed E-state index contributed by atoms with van der Waals surface area (Å²) in [6, 6.07) is 7.41. The van der Waals surface area contributed by atoms with E-state index in [0.717, 1.165) is 24.3 Å². The fourth-order valence-corrected chi connectivity index (χ4v) is 2.09. The van der Waals surface area contributed by atoms with Gasteiger partial charge in [0.2, 0.25) is 0 Å². The van der Waals surface area contributed by atoms with Crippen LogP contribution in [0.2, 0.25) is 0 Å². The molecule has 2 rings (SSSR count). The van der Waals surface area contributed by atoms with Crippen molar-refractivity contribution in [2.45, 2.75) is 6.42 Å². The first-order valence-corrected chi connectivity index (χ1v) is 6.14. The monoisotopic (exact) mass is 244 g/mol. The molecule has 1 heterocycles. The topological polar surface area (TPSA) is 74.7 Å². The third kappa shape index (κ3) is 2.95. The van der Waals surface area contributed by atoms with E-state index in [4.69, 9.17) is 11.0 Å². The zero-order valence-electron chi connectivity index (χ0n) is 9.18. The number of thiazole rings is 1. The molecule has 1 aromatic carbocycles. The van der Waals surface area contributed by atoms with Crippen molar-refractivity contribution in [3.8, 4) is 6.07 Å². The average Bonchev–Trinajstić information content (AvgIpc) is 2.84. The van der Waals surface area contributed by atoms with Gasteiger partial charge in [0, 0.05) is 24.0 Å². The van der Waals surface area contributed by atoms with Gasteiger partial charge >= 0.3 is 0 Å². The van der Waals surface area contributed by atoms with Crippen molar-refractivity contribution < 1.29 is 0 Å². The van der Waals surface area contributed by atoms with Gasteiger partial charge in [-0.15, -0.1) is 11.3 Å². The quantitative estimate of drug-likeness (QED) is 0.809. The van der Waals surface area contributed by atoms with Gasteiger partial charge in [-0.3, -0.25) is 0 Å². The summed E-state index contributed by atoms with van der Waals surface area (Å²) in [5.74, 6) is 0. The number of nitrogens with zero attached hydrogens (tertiary/aromatic N) is 2. The smallest absolute Gasteiger partial charge is 0.101 e. The molecule has 0 aliphatic rings. The molecular weight excluding hydrogens is 232 g/mol. The van der Waals surface area contributed by atoms with Crippen LogP contribution in [0, 0.1) is 11.3 Å². The predicted molar refractivity (Wildman–Crippen MR) is 69.9 cm³/mol. The van der Waals surface area contributed by atoms with E-state index in [0.29, 0.717) is 11.3 Å². The Kier molecular flexibility index (Phi) is 3.58. The van der Waals surface area contributed by atoms with Crippen LogP contribution in [0.15, 0.2) is 29.1 Å². The average molecular weight is 244 g/mol. The van der Waals surface area contributed by atoms with Crippen LogP contribution < -0.4 is 11.1 Å². The molecule has 0 unspecified atom stereocenters. The maximum absolute atomic E-state index is 8.97. The number of anilines is 2. The molecule has 0 spiro atoms. The summed E-state index contributed by atoms with van der Waals surface area (Å²) < 4.78 is 0. The minimum atomic E-state index is 0.572. The number of nitrogens with two attached hydrogens (primary N) is 1. The Hall–Kier alpha value is -2.06. The van der Waals surface area contributed by atoms with Gasteiger partial charge in [-0.2, -0.15) is 5.26 Å². The van der Waals surface area contributed by atoms with Gasteiger partial charge in [-0.05, 0) is 18.2 Å². The van der Waals surface area contributed by atoms with E-state index in [9.17, 15) is 0 Å². The second-order valence-electron chi connectivity index (χ2n) is 3.57. The second-order valence-corrected chi connectivity index (χ2v) is 4.29. The van der Waals surface area contributed by atoms with Crippen molar-refractivity contribution in [3.05, 3.63) is 40.3 Å². The highest BCUT2D eigenvalue weighted by Gasteiger charge is 2.02. The summed E-state index contributed by atoms with van der Waals surface area (Å²) in [6.45, 7) is 0.752. The number of rotatable bonds is 4. The van der Waals surface area contributed by atoms with Crippen LogP contribution in [-0.2, 0) is 6.42 Å². The number of nitriles is 1. The van der Waals surface area contributed by atoms with Gasteiger partial charge in [0.15, 0.2) is 0 Å². The van der Waals surface area contributed by atoms with Gasteiger partial charge in [-0.25, -0.2) is 4.98 Å². The molecule has 2 aromatic rings. The van der Waals surface area contributed by atoms with E-state index >= 15 is 0 Å². The third-order valence-corrected chi connectivity index (χ3v) is 2.98. The van der Waals surface area contributed by atoms with E-state index in [1.54, 1.807) is 23.5 Å². The maximum Gasteiger partial charge on any atom is 0.101 e. The van der Waals surface area contributed by atoms with E-state index in [1.165, 1.54) is 0 Å². The van der Waals surface area contributed by atoms with Crippen molar-refractivity contribution in [1.82, 2.24) is 4.98 Å². The molecule has 0 bridgehead atoms. The van der Waals surface area contributed by atoms with Crippen molar-refractivity contribution >= 4 is 22.7 Å². The standard InChI is InChI=1S/C12H12N4S/c13-6-9-5-10(14)1-2-12(9)15-4-3-11-7-17-8-16-11/h1-2,5,7-8,15H,3-4,14H2. The second kappa shape index (κ2) is 5.32. The highest BCUT2D eigenvalue weighted by Crippen LogP contribution is 2.17. The van der Waals surface area contributed by atoms with Crippen LogP contribution in [0.1, 0.15) is 11.3 Å².